The lowest BCUT2D eigenvalue weighted by atomic mass is 10.3. The van der Waals surface area contributed by atoms with Crippen molar-refractivity contribution in [2.45, 2.75) is 24.8 Å². The normalized spacial score (nSPS) is 11.4. The number of carbonyl (C=O) groups is 1. The molecular weight excluding hydrogens is 390 g/mol. The highest BCUT2D eigenvalue weighted by Gasteiger charge is 2.23. The third-order valence-corrected chi connectivity index (χ3v) is 5.52. The maximum absolute atomic E-state index is 12.5. The Labute approximate surface area is 162 Å². The maximum atomic E-state index is 12.5. The second-order valence-corrected chi connectivity index (χ2v) is 8.02. The lowest BCUT2D eigenvalue weighted by Crippen LogP contribution is -2.23. The van der Waals surface area contributed by atoms with Crippen molar-refractivity contribution in [3.8, 4) is 5.75 Å². The molecule has 0 aliphatic rings. The van der Waals surface area contributed by atoms with Crippen LogP contribution in [0.4, 0.5) is 11.4 Å². The van der Waals surface area contributed by atoms with E-state index >= 15 is 0 Å². The van der Waals surface area contributed by atoms with Crippen molar-refractivity contribution < 1.29 is 22.9 Å². The molecule has 0 radical (unpaired) electrons. The third kappa shape index (κ3) is 5.04. The fraction of sp³-hybridized carbons (Fsp3) is 0.375. The molecule has 2 rings (SSSR count). The van der Waals surface area contributed by atoms with E-state index in [9.17, 15) is 23.3 Å². The number of hydrogen-bond acceptors (Lipinski definition) is 7. The van der Waals surface area contributed by atoms with Gasteiger partial charge in [0.25, 0.3) is 0 Å². The summed E-state index contributed by atoms with van der Waals surface area (Å²) >= 11 is 0. The molecule has 0 fully saturated rings. The fourth-order valence-electron chi connectivity index (χ4n) is 2.27. The zero-order valence-corrected chi connectivity index (χ0v) is 16.5. The minimum absolute atomic E-state index is 0.00180. The van der Waals surface area contributed by atoms with Crippen LogP contribution in [-0.4, -0.2) is 54.0 Å². The molecule has 0 saturated carbocycles. The SMILES string of the molecule is CCOc1ccc(NC(=O)CCn2cc([N+](=O)[O-])cn2)cc1S(=O)(=O)N(C)C. The number of anilines is 1. The van der Waals surface area contributed by atoms with E-state index in [1.165, 1.54) is 43.2 Å². The van der Waals surface area contributed by atoms with Crippen LogP contribution in [-0.2, 0) is 21.4 Å². The number of aryl methyl sites for hydroxylation is 1. The van der Waals surface area contributed by atoms with Gasteiger partial charge in [0, 0.05) is 32.7 Å². The van der Waals surface area contributed by atoms with Crippen LogP contribution in [0.2, 0.25) is 0 Å². The number of benzene rings is 1. The Morgan fingerprint density at radius 1 is 1.39 bits per heavy atom. The van der Waals surface area contributed by atoms with Gasteiger partial charge in [0.05, 0.1) is 11.5 Å². The molecule has 0 atom stereocenters. The molecule has 11 nitrogen and oxygen atoms in total. The predicted molar refractivity (Wildman–Crippen MR) is 101 cm³/mol. The number of nitrogens with one attached hydrogen (secondary N) is 1. The van der Waals surface area contributed by atoms with Gasteiger partial charge < -0.3 is 10.1 Å². The van der Waals surface area contributed by atoms with E-state index in [1.54, 1.807) is 6.92 Å². The summed E-state index contributed by atoms with van der Waals surface area (Å²) < 4.78 is 32.7. The number of nitrogens with zero attached hydrogens (tertiary/aromatic N) is 4. The van der Waals surface area contributed by atoms with Crippen LogP contribution in [0.3, 0.4) is 0 Å². The highest BCUT2D eigenvalue weighted by atomic mass is 32.2. The average molecular weight is 411 g/mol. The minimum Gasteiger partial charge on any atom is -0.492 e. The second kappa shape index (κ2) is 8.80. The summed E-state index contributed by atoms with van der Waals surface area (Å²) in [6, 6.07) is 4.35. The number of ether oxygens (including phenoxy) is 1. The molecule has 1 aromatic carbocycles. The van der Waals surface area contributed by atoms with Gasteiger partial charge in [-0.3, -0.25) is 19.6 Å². The van der Waals surface area contributed by atoms with Gasteiger partial charge in [-0.05, 0) is 25.1 Å². The molecule has 28 heavy (non-hydrogen) atoms. The largest absolute Gasteiger partial charge is 0.492 e. The van der Waals surface area contributed by atoms with E-state index in [-0.39, 0.29) is 35.9 Å². The highest BCUT2D eigenvalue weighted by molar-refractivity contribution is 7.89. The van der Waals surface area contributed by atoms with Crippen molar-refractivity contribution in [1.82, 2.24) is 14.1 Å². The standard InChI is InChI=1S/C16H21N5O6S/c1-4-27-14-6-5-12(9-15(14)28(25,26)19(2)3)18-16(22)7-8-20-11-13(10-17-20)21(23)24/h5-6,9-11H,4,7-8H2,1-3H3,(H,18,22). The third-order valence-electron chi connectivity index (χ3n) is 3.68. The summed E-state index contributed by atoms with van der Waals surface area (Å²) in [5.41, 5.74) is 0.130. The fourth-order valence-corrected chi connectivity index (χ4v) is 3.32. The second-order valence-electron chi connectivity index (χ2n) is 5.90. The first-order valence-electron chi connectivity index (χ1n) is 8.31. The van der Waals surface area contributed by atoms with Crippen molar-refractivity contribution in [2.24, 2.45) is 0 Å². The molecule has 1 amide bonds. The van der Waals surface area contributed by atoms with Crippen molar-refractivity contribution in [1.29, 1.82) is 0 Å². The topological polar surface area (TPSA) is 137 Å². The number of rotatable bonds is 9. The Morgan fingerprint density at radius 2 is 2.11 bits per heavy atom. The molecular formula is C16H21N5O6S. The van der Waals surface area contributed by atoms with Crippen molar-refractivity contribution in [3.05, 3.63) is 40.7 Å². The molecule has 1 heterocycles. The summed E-state index contributed by atoms with van der Waals surface area (Å²) in [4.78, 5) is 22.2. The lowest BCUT2D eigenvalue weighted by molar-refractivity contribution is -0.385. The van der Waals surface area contributed by atoms with Gasteiger partial charge in [-0.1, -0.05) is 0 Å². The van der Waals surface area contributed by atoms with Gasteiger partial charge in [0.15, 0.2) is 0 Å². The first-order chi connectivity index (χ1) is 13.1. The summed E-state index contributed by atoms with van der Waals surface area (Å²) in [6.07, 6.45) is 2.33. The number of hydrogen-bond donors (Lipinski definition) is 1. The Hall–Kier alpha value is -2.99. The van der Waals surface area contributed by atoms with Crippen LogP contribution in [0.1, 0.15) is 13.3 Å². The molecule has 0 bridgehead atoms. The quantitative estimate of drug-likeness (QED) is 0.487. The van der Waals surface area contributed by atoms with Crippen LogP contribution in [0.5, 0.6) is 5.75 Å². The molecule has 0 spiro atoms. The monoisotopic (exact) mass is 411 g/mol. The van der Waals surface area contributed by atoms with Crippen LogP contribution >= 0.6 is 0 Å². The van der Waals surface area contributed by atoms with Crippen molar-refractivity contribution in [2.75, 3.05) is 26.0 Å². The number of nitro groups is 1. The number of carbonyl (C=O) groups excluding carboxylic acids is 1. The molecule has 1 aromatic heterocycles. The number of sulfonamides is 1. The Kier molecular flexibility index (Phi) is 6.70. The summed E-state index contributed by atoms with van der Waals surface area (Å²) in [6.45, 7) is 2.17. The van der Waals surface area contributed by atoms with Crippen LogP contribution in [0, 0.1) is 10.1 Å². The van der Waals surface area contributed by atoms with E-state index in [4.69, 9.17) is 4.74 Å². The molecule has 1 N–H and O–H groups in total. The van der Waals surface area contributed by atoms with Crippen molar-refractivity contribution in [3.63, 3.8) is 0 Å². The maximum Gasteiger partial charge on any atom is 0.306 e. The van der Waals surface area contributed by atoms with Gasteiger partial charge in [-0.25, -0.2) is 12.7 Å². The Morgan fingerprint density at radius 3 is 2.68 bits per heavy atom. The van der Waals surface area contributed by atoms with E-state index < -0.39 is 20.9 Å². The molecule has 2 aromatic rings. The minimum atomic E-state index is -3.77. The average Bonchev–Trinajstić information content (AvgIpc) is 3.10. The molecule has 0 unspecified atom stereocenters. The molecule has 0 aliphatic heterocycles. The highest BCUT2D eigenvalue weighted by Crippen LogP contribution is 2.29. The van der Waals surface area contributed by atoms with Gasteiger partial charge in [0.2, 0.25) is 15.9 Å². The van der Waals surface area contributed by atoms with E-state index in [1.807, 2.05) is 0 Å². The first kappa shape index (κ1) is 21.3. The predicted octanol–water partition coefficient (Wildman–Crippen LogP) is 1.47. The van der Waals surface area contributed by atoms with E-state index in [2.05, 4.69) is 10.4 Å². The lowest BCUT2D eigenvalue weighted by Gasteiger charge is -2.16. The number of amides is 1. The van der Waals surface area contributed by atoms with Crippen molar-refractivity contribution >= 4 is 27.3 Å². The van der Waals surface area contributed by atoms with Gasteiger partial charge >= 0.3 is 5.69 Å². The van der Waals surface area contributed by atoms with E-state index in [0.29, 0.717) is 5.69 Å². The molecule has 152 valence electrons. The van der Waals surface area contributed by atoms with Crippen LogP contribution < -0.4 is 10.1 Å². The van der Waals surface area contributed by atoms with Gasteiger partial charge in [-0.2, -0.15) is 5.10 Å². The smallest absolute Gasteiger partial charge is 0.306 e. The van der Waals surface area contributed by atoms with Gasteiger partial charge in [-0.15, -0.1) is 0 Å². The summed E-state index contributed by atoms with van der Waals surface area (Å²) in [5.74, 6) is -0.200. The summed E-state index contributed by atoms with van der Waals surface area (Å²) in [5, 5.41) is 17.1. The first-order valence-corrected chi connectivity index (χ1v) is 9.75. The zero-order valence-electron chi connectivity index (χ0n) is 15.7. The van der Waals surface area contributed by atoms with Crippen LogP contribution in [0.15, 0.2) is 35.5 Å². The summed E-state index contributed by atoms with van der Waals surface area (Å²) in [7, 11) is -0.965. The Balaban J connectivity index is 2.12. The zero-order chi connectivity index (χ0) is 20.9. The Bertz CT molecular complexity index is 970. The van der Waals surface area contributed by atoms with Gasteiger partial charge in [0.1, 0.15) is 23.0 Å². The molecule has 12 heteroatoms. The van der Waals surface area contributed by atoms with E-state index in [0.717, 1.165) is 10.5 Å². The van der Waals surface area contributed by atoms with Crippen LogP contribution in [0.25, 0.3) is 0 Å². The molecule has 0 aliphatic carbocycles. The number of aromatic nitrogens is 2. The molecule has 0 saturated heterocycles.